The molecule has 0 aliphatic carbocycles. The maximum Gasteiger partial charge on any atom is 0.243 e. The maximum absolute atomic E-state index is 12.4. The predicted octanol–water partition coefficient (Wildman–Crippen LogP) is 2.08. The highest BCUT2D eigenvalue weighted by Gasteiger charge is 2.28. The summed E-state index contributed by atoms with van der Waals surface area (Å²) in [7, 11) is -3.45. The third-order valence-electron chi connectivity index (χ3n) is 2.86. The van der Waals surface area contributed by atoms with Gasteiger partial charge in [0.15, 0.2) is 0 Å². The molecule has 100 valence electrons. The second kappa shape index (κ2) is 5.46. The van der Waals surface area contributed by atoms with Crippen LogP contribution in [0.4, 0.5) is 0 Å². The fraction of sp³-hybridized carbons (Fsp3) is 0.455. The van der Waals surface area contributed by atoms with Crippen LogP contribution in [0.3, 0.4) is 0 Å². The van der Waals surface area contributed by atoms with E-state index in [1.165, 1.54) is 10.4 Å². The number of hydrogen-bond acceptors (Lipinski definition) is 3. The molecule has 2 rings (SSSR count). The van der Waals surface area contributed by atoms with Crippen LogP contribution in [-0.2, 0) is 10.0 Å². The third kappa shape index (κ3) is 2.88. The van der Waals surface area contributed by atoms with Crippen LogP contribution in [0.1, 0.15) is 6.92 Å². The van der Waals surface area contributed by atoms with Crippen LogP contribution >= 0.6 is 27.5 Å². The fourth-order valence-corrected chi connectivity index (χ4v) is 3.95. The Kier molecular flexibility index (Phi) is 4.33. The Balaban J connectivity index is 2.32. The smallest absolute Gasteiger partial charge is 0.243 e. The average molecular weight is 354 g/mol. The first-order valence-electron chi connectivity index (χ1n) is 5.60. The first kappa shape index (κ1) is 14.3. The van der Waals surface area contributed by atoms with Crippen molar-refractivity contribution in [1.82, 2.24) is 9.62 Å². The first-order chi connectivity index (χ1) is 8.41. The highest BCUT2D eigenvalue weighted by atomic mass is 79.9. The number of hydrogen-bond donors (Lipinski definition) is 1. The van der Waals surface area contributed by atoms with Gasteiger partial charge in [-0.3, -0.25) is 0 Å². The molecule has 1 unspecified atom stereocenters. The van der Waals surface area contributed by atoms with Gasteiger partial charge >= 0.3 is 0 Å². The molecule has 4 nitrogen and oxygen atoms in total. The minimum absolute atomic E-state index is 0.166. The normalized spacial score (nSPS) is 22.1. The largest absolute Gasteiger partial charge is 0.312 e. The molecular formula is C11H14BrClN2O2S. The Morgan fingerprint density at radius 1 is 1.50 bits per heavy atom. The van der Waals surface area contributed by atoms with Gasteiger partial charge in [0.1, 0.15) is 0 Å². The summed E-state index contributed by atoms with van der Waals surface area (Å²) in [6, 6.07) is 4.87. The van der Waals surface area contributed by atoms with Crippen LogP contribution in [-0.4, -0.2) is 38.4 Å². The van der Waals surface area contributed by atoms with Crippen LogP contribution < -0.4 is 5.32 Å². The van der Waals surface area contributed by atoms with E-state index in [0.717, 1.165) is 0 Å². The highest BCUT2D eigenvalue weighted by molar-refractivity contribution is 9.10. The molecule has 7 heteroatoms. The Labute approximate surface area is 120 Å². The molecule has 1 aliphatic rings. The van der Waals surface area contributed by atoms with Gasteiger partial charge in [0.25, 0.3) is 0 Å². The Bertz CT molecular complexity index is 550. The summed E-state index contributed by atoms with van der Waals surface area (Å²) in [6.07, 6.45) is 0. The number of rotatable bonds is 2. The van der Waals surface area contributed by atoms with Gasteiger partial charge in [0, 0.05) is 30.1 Å². The summed E-state index contributed by atoms with van der Waals surface area (Å²) in [6.45, 7) is 3.61. The molecule has 1 saturated heterocycles. The summed E-state index contributed by atoms with van der Waals surface area (Å²) in [5.74, 6) is 0. The third-order valence-corrected chi connectivity index (χ3v) is 5.95. The Morgan fingerprint density at radius 3 is 2.83 bits per heavy atom. The summed E-state index contributed by atoms with van der Waals surface area (Å²) in [5, 5.41) is 3.62. The van der Waals surface area contributed by atoms with Crippen molar-refractivity contribution in [2.24, 2.45) is 0 Å². The van der Waals surface area contributed by atoms with Gasteiger partial charge < -0.3 is 5.32 Å². The molecule has 0 radical (unpaired) electrons. The number of benzene rings is 1. The monoisotopic (exact) mass is 352 g/mol. The molecule has 18 heavy (non-hydrogen) atoms. The molecule has 1 heterocycles. The molecule has 1 aliphatic heterocycles. The van der Waals surface area contributed by atoms with Crippen LogP contribution in [0.5, 0.6) is 0 Å². The summed E-state index contributed by atoms with van der Waals surface area (Å²) in [4.78, 5) is 0.241. The molecule has 1 atom stereocenters. The van der Waals surface area contributed by atoms with Gasteiger partial charge in [0.05, 0.1) is 9.92 Å². The van der Waals surface area contributed by atoms with Crippen LogP contribution in [0, 0.1) is 0 Å². The molecule has 1 fully saturated rings. The lowest BCUT2D eigenvalue weighted by molar-refractivity contribution is 0.310. The Morgan fingerprint density at radius 2 is 2.22 bits per heavy atom. The van der Waals surface area contributed by atoms with Crippen molar-refractivity contribution in [2.45, 2.75) is 17.9 Å². The highest BCUT2D eigenvalue weighted by Crippen LogP contribution is 2.27. The minimum Gasteiger partial charge on any atom is -0.312 e. The molecule has 0 spiro atoms. The van der Waals surface area contributed by atoms with E-state index < -0.39 is 10.0 Å². The van der Waals surface area contributed by atoms with Crippen molar-refractivity contribution in [3.8, 4) is 0 Å². The molecule has 0 saturated carbocycles. The van der Waals surface area contributed by atoms with Crippen molar-refractivity contribution < 1.29 is 8.42 Å². The quantitative estimate of drug-likeness (QED) is 0.885. The van der Waals surface area contributed by atoms with Gasteiger partial charge in [-0.2, -0.15) is 4.31 Å². The molecule has 1 aromatic rings. The maximum atomic E-state index is 12.4. The van der Waals surface area contributed by atoms with Crippen molar-refractivity contribution in [3.63, 3.8) is 0 Å². The lowest BCUT2D eigenvalue weighted by Gasteiger charge is -2.31. The predicted molar refractivity (Wildman–Crippen MR) is 75.4 cm³/mol. The van der Waals surface area contributed by atoms with Gasteiger partial charge in [0.2, 0.25) is 10.0 Å². The van der Waals surface area contributed by atoms with E-state index in [2.05, 4.69) is 21.2 Å². The van der Waals surface area contributed by atoms with E-state index in [1.54, 1.807) is 12.1 Å². The van der Waals surface area contributed by atoms with E-state index in [0.29, 0.717) is 29.1 Å². The van der Waals surface area contributed by atoms with E-state index in [9.17, 15) is 8.42 Å². The number of nitrogens with zero attached hydrogens (tertiary/aromatic N) is 1. The van der Waals surface area contributed by atoms with E-state index in [4.69, 9.17) is 11.6 Å². The lowest BCUT2D eigenvalue weighted by atomic mass is 10.3. The van der Waals surface area contributed by atoms with E-state index in [-0.39, 0.29) is 10.9 Å². The van der Waals surface area contributed by atoms with Crippen molar-refractivity contribution >= 4 is 37.6 Å². The van der Waals surface area contributed by atoms with Gasteiger partial charge in [-0.15, -0.1) is 0 Å². The van der Waals surface area contributed by atoms with Crippen molar-refractivity contribution in [3.05, 3.63) is 27.7 Å². The van der Waals surface area contributed by atoms with Gasteiger partial charge in [-0.1, -0.05) is 11.6 Å². The fourth-order valence-electron chi connectivity index (χ4n) is 1.90. The summed E-state index contributed by atoms with van der Waals surface area (Å²) < 4.78 is 27.0. The van der Waals surface area contributed by atoms with Crippen LogP contribution in [0.25, 0.3) is 0 Å². The van der Waals surface area contributed by atoms with Gasteiger partial charge in [-0.25, -0.2) is 8.42 Å². The van der Waals surface area contributed by atoms with E-state index >= 15 is 0 Å². The summed E-state index contributed by atoms with van der Waals surface area (Å²) in [5.41, 5.74) is 0. The van der Waals surface area contributed by atoms with Crippen molar-refractivity contribution in [2.75, 3.05) is 19.6 Å². The van der Waals surface area contributed by atoms with Crippen LogP contribution in [0.15, 0.2) is 27.6 Å². The molecule has 0 aromatic heterocycles. The molecule has 0 amide bonds. The standard InChI is InChI=1S/C11H14BrClN2O2S/c1-8-7-15(5-4-14-8)18(16,17)9-2-3-10(12)11(13)6-9/h2-3,6,8,14H,4-5,7H2,1H3. The zero-order chi connectivity index (χ0) is 13.3. The van der Waals surface area contributed by atoms with E-state index in [1.807, 2.05) is 6.92 Å². The van der Waals surface area contributed by atoms with Crippen LogP contribution in [0.2, 0.25) is 5.02 Å². The zero-order valence-corrected chi connectivity index (χ0v) is 13.0. The second-order valence-electron chi connectivity index (χ2n) is 4.29. The molecule has 1 aromatic carbocycles. The first-order valence-corrected chi connectivity index (χ1v) is 8.21. The molecule has 0 bridgehead atoms. The minimum atomic E-state index is -3.45. The van der Waals surface area contributed by atoms with Crippen molar-refractivity contribution in [1.29, 1.82) is 0 Å². The molecular weight excluding hydrogens is 340 g/mol. The van der Waals surface area contributed by atoms with Gasteiger partial charge in [-0.05, 0) is 41.1 Å². The number of halogens is 2. The summed E-state index contributed by atoms with van der Waals surface area (Å²) >= 11 is 9.20. The lowest BCUT2D eigenvalue weighted by Crippen LogP contribution is -2.51. The SMILES string of the molecule is CC1CN(S(=O)(=O)c2ccc(Br)c(Cl)c2)CCN1. The number of sulfonamides is 1. The molecule has 1 N–H and O–H groups in total. The Hall–Kier alpha value is -0.140. The topological polar surface area (TPSA) is 49.4 Å². The number of piperazine rings is 1. The zero-order valence-electron chi connectivity index (χ0n) is 9.86. The second-order valence-corrected chi connectivity index (χ2v) is 7.49. The average Bonchev–Trinajstić information content (AvgIpc) is 2.32. The number of nitrogens with one attached hydrogen (secondary N) is 1.